The molecule has 0 fully saturated rings. The lowest BCUT2D eigenvalue weighted by Crippen LogP contribution is -2.06. The molecule has 1 aromatic heterocycles. The summed E-state index contributed by atoms with van der Waals surface area (Å²) in [6.07, 6.45) is 0.363. The topological polar surface area (TPSA) is 94.8 Å². The Hall–Kier alpha value is -5.46. The molecule has 12 heteroatoms. The molecule has 55 heavy (non-hydrogen) atoms. The smallest absolute Gasteiger partial charge is 0.335 e. The van der Waals surface area contributed by atoms with Gasteiger partial charge in [-0.1, -0.05) is 56.1 Å². The lowest BCUT2D eigenvalue weighted by atomic mass is 10.0. The lowest BCUT2D eigenvalue weighted by Gasteiger charge is -2.17. The molecule has 0 aliphatic rings. The molecule has 282 valence electrons. The Bertz CT molecular complexity index is 2330. The van der Waals surface area contributed by atoms with Crippen molar-refractivity contribution in [2.75, 3.05) is 0 Å². The van der Waals surface area contributed by atoms with Crippen LogP contribution in [0.2, 0.25) is 0 Å². The van der Waals surface area contributed by atoms with Gasteiger partial charge >= 0.3 is 5.97 Å². The van der Waals surface area contributed by atoms with Crippen LogP contribution in [-0.4, -0.2) is 27.2 Å². The van der Waals surface area contributed by atoms with E-state index in [0.29, 0.717) is 28.3 Å². The van der Waals surface area contributed by atoms with E-state index in [9.17, 15) is 32.7 Å². The van der Waals surface area contributed by atoms with Gasteiger partial charge < -0.3 is 23.9 Å². The zero-order valence-electron chi connectivity index (χ0n) is 29.6. The number of aromatic carboxylic acids is 1. The number of ether oxygens (including phenoxy) is 2. The summed E-state index contributed by atoms with van der Waals surface area (Å²) in [4.78, 5) is 34.8. The van der Waals surface area contributed by atoms with Gasteiger partial charge in [0.2, 0.25) is 0 Å². The van der Waals surface area contributed by atoms with E-state index in [1.807, 2.05) is 31.2 Å². The fourth-order valence-electron chi connectivity index (χ4n) is 5.47. The first-order chi connectivity index (χ1) is 26.3. The summed E-state index contributed by atoms with van der Waals surface area (Å²) in [5.74, 6) is -1.48. The van der Waals surface area contributed by atoms with Crippen LogP contribution in [0.3, 0.4) is 0 Å². The van der Waals surface area contributed by atoms with Gasteiger partial charge in [0, 0.05) is 33.0 Å². The molecule has 0 spiro atoms. The molecule has 6 rings (SSSR count). The molecule has 5 aromatic carbocycles. The van der Waals surface area contributed by atoms with Gasteiger partial charge in [0.25, 0.3) is 0 Å². The van der Waals surface area contributed by atoms with Crippen LogP contribution in [0.25, 0.3) is 16.9 Å². The second-order valence-corrected chi connectivity index (χ2v) is 14.2. The van der Waals surface area contributed by atoms with Crippen molar-refractivity contribution in [1.82, 2.24) is 4.57 Å². The molecule has 0 amide bonds. The predicted octanol–water partition coefficient (Wildman–Crippen LogP) is 11.5. The van der Waals surface area contributed by atoms with Crippen LogP contribution in [0.5, 0.6) is 11.5 Å². The van der Waals surface area contributed by atoms with E-state index in [1.54, 1.807) is 53.1 Å². The molecular weight excluding hydrogens is 843 g/mol. The van der Waals surface area contributed by atoms with Crippen molar-refractivity contribution < 1.29 is 42.1 Å². The minimum Gasteiger partial charge on any atom is -0.488 e. The number of halogens is 5. The molecule has 7 nitrogen and oxygen atoms in total. The number of hydrogen-bond donors (Lipinski definition) is 1. The minimum absolute atomic E-state index is 0.0116. The SMILES string of the molecule is CC(=O)CCC(=O)c1cc(Br)ccc1OCc1ccc(F)cc1.Cc1ccc(-c2cc(Br)ccc2OCc2ccc(F)cc2)n1-c1cc(C(=O)O)ccc1F. The van der Waals surface area contributed by atoms with Gasteiger partial charge in [0.05, 0.1) is 22.5 Å². The molecule has 6 aromatic rings. The Kier molecular flexibility index (Phi) is 13.9. The number of Topliss-reactive ketones (excluding diaryl/α,β-unsaturated/α-hetero) is 2. The van der Waals surface area contributed by atoms with Crippen LogP contribution in [0.15, 0.2) is 124 Å². The zero-order chi connectivity index (χ0) is 39.6. The molecule has 0 aliphatic heterocycles. The van der Waals surface area contributed by atoms with Gasteiger partial charge in [-0.2, -0.15) is 0 Å². The molecular formula is C43H34Br2F3NO6. The van der Waals surface area contributed by atoms with E-state index in [0.717, 1.165) is 31.8 Å². The summed E-state index contributed by atoms with van der Waals surface area (Å²) in [6, 6.07) is 30.0. The fourth-order valence-corrected chi connectivity index (χ4v) is 6.19. The number of carboxylic acid groups (broad SMARTS) is 1. The third kappa shape index (κ3) is 11.1. The summed E-state index contributed by atoms with van der Waals surface area (Å²) in [5, 5.41) is 9.35. The Morgan fingerprint density at radius 1 is 0.673 bits per heavy atom. The largest absolute Gasteiger partial charge is 0.488 e. The summed E-state index contributed by atoms with van der Waals surface area (Å²) in [5.41, 5.74) is 4.21. The molecule has 1 heterocycles. The van der Waals surface area contributed by atoms with E-state index in [2.05, 4.69) is 31.9 Å². The highest BCUT2D eigenvalue weighted by Crippen LogP contribution is 2.37. The van der Waals surface area contributed by atoms with Crippen LogP contribution in [-0.2, 0) is 18.0 Å². The zero-order valence-corrected chi connectivity index (χ0v) is 32.8. The Morgan fingerprint density at radius 3 is 1.82 bits per heavy atom. The maximum absolute atomic E-state index is 14.8. The second kappa shape index (κ2) is 18.7. The van der Waals surface area contributed by atoms with Crippen molar-refractivity contribution in [3.8, 4) is 28.4 Å². The Balaban J connectivity index is 0.000000223. The van der Waals surface area contributed by atoms with Gasteiger partial charge in [0.15, 0.2) is 5.78 Å². The van der Waals surface area contributed by atoms with Crippen LogP contribution in [0.4, 0.5) is 13.2 Å². The first-order valence-corrected chi connectivity index (χ1v) is 18.5. The minimum atomic E-state index is -1.14. The fraction of sp³-hybridized carbons (Fsp3) is 0.140. The van der Waals surface area contributed by atoms with Gasteiger partial charge in [0.1, 0.15) is 47.9 Å². The molecule has 1 N–H and O–H groups in total. The average molecular weight is 878 g/mol. The van der Waals surface area contributed by atoms with Gasteiger partial charge in [-0.3, -0.25) is 4.79 Å². The number of carboxylic acids is 1. The number of ketones is 2. The number of hydrogen-bond acceptors (Lipinski definition) is 5. The molecule has 0 saturated heterocycles. The lowest BCUT2D eigenvalue weighted by molar-refractivity contribution is -0.117. The maximum Gasteiger partial charge on any atom is 0.335 e. The van der Waals surface area contributed by atoms with Crippen molar-refractivity contribution in [2.24, 2.45) is 0 Å². The third-order valence-electron chi connectivity index (χ3n) is 8.29. The van der Waals surface area contributed by atoms with E-state index < -0.39 is 11.8 Å². The van der Waals surface area contributed by atoms with E-state index in [-0.39, 0.29) is 60.5 Å². The summed E-state index contributed by atoms with van der Waals surface area (Å²) in [6.45, 7) is 3.72. The molecule has 0 unspecified atom stereocenters. The number of carbonyl (C=O) groups is 3. The number of aromatic nitrogens is 1. The number of benzene rings is 5. The quantitative estimate of drug-likeness (QED) is 0.116. The number of nitrogens with zero attached hydrogens (tertiary/aromatic N) is 1. The number of aryl methyl sites for hydroxylation is 1. The maximum atomic E-state index is 14.8. The van der Waals surface area contributed by atoms with Crippen LogP contribution in [0.1, 0.15) is 57.3 Å². The molecule has 0 aliphatic carbocycles. The Morgan fingerprint density at radius 2 is 1.24 bits per heavy atom. The summed E-state index contributed by atoms with van der Waals surface area (Å²) in [7, 11) is 0. The summed E-state index contributed by atoms with van der Waals surface area (Å²) >= 11 is 6.80. The van der Waals surface area contributed by atoms with Crippen LogP contribution >= 0.6 is 31.9 Å². The molecule has 0 saturated carbocycles. The Labute approximate surface area is 332 Å². The highest BCUT2D eigenvalue weighted by molar-refractivity contribution is 9.10. The standard InChI is InChI=1S/C25H18BrF2NO3.C18H16BrFO3/c1-15-2-10-22(29(15)23-12-17(25(30)31)5-9-21(23)28)20-13-18(26)6-11-24(20)32-14-16-3-7-19(27)8-4-16;1-12(21)2-8-17(22)16-10-14(19)5-9-18(16)23-11-13-3-6-15(20)7-4-13/h2-13H,14H2,1H3,(H,30,31);3-7,9-10H,2,8,11H2,1H3. The van der Waals surface area contributed by atoms with Gasteiger partial charge in [-0.05, 0) is 116 Å². The second-order valence-electron chi connectivity index (χ2n) is 12.4. The van der Waals surface area contributed by atoms with Crippen molar-refractivity contribution in [3.05, 3.63) is 170 Å². The normalized spacial score (nSPS) is 10.7. The van der Waals surface area contributed by atoms with Crippen LogP contribution < -0.4 is 9.47 Å². The van der Waals surface area contributed by atoms with Crippen LogP contribution in [0, 0.1) is 24.4 Å². The number of rotatable bonds is 13. The van der Waals surface area contributed by atoms with Crippen molar-refractivity contribution >= 4 is 49.4 Å². The van der Waals surface area contributed by atoms with Crippen molar-refractivity contribution in [2.45, 2.75) is 39.9 Å². The first kappa shape index (κ1) is 40.7. The van der Waals surface area contributed by atoms with E-state index in [1.165, 1.54) is 43.3 Å². The van der Waals surface area contributed by atoms with Crippen molar-refractivity contribution in [1.29, 1.82) is 0 Å². The van der Waals surface area contributed by atoms with Gasteiger partial charge in [-0.25, -0.2) is 18.0 Å². The summed E-state index contributed by atoms with van der Waals surface area (Å²) < 4.78 is 55.8. The van der Waals surface area contributed by atoms with E-state index in [4.69, 9.17) is 9.47 Å². The molecule has 0 bridgehead atoms. The van der Waals surface area contributed by atoms with E-state index >= 15 is 0 Å². The van der Waals surface area contributed by atoms with Crippen molar-refractivity contribution in [3.63, 3.8) is 0 Å². The number of carbonyl (C=O) groups excluding carboxylic acids is 2. The molecule has 0 atom stereocenters. The first-order valence-electron chi connectivity index (χ1n) is 16.9. The molecule has 0 radical (unpaired) electrons. The predicted molar refractivity (Wildman–Crippen MR) is 210 cm³/mol. The monoisotopic (exact) mass is 875 g/mol. The third-order valence-corrected chi connectivity index (χ3v) is 9.28. The van der Waals surface area contributed by atoms with Gasteiger partial charge in [-0.15, -0.1) is 0 Å². The average Bonchev–Trinajstić information content (AvgIpc) is 3.54. The highest BCUT2D eigenvalue weighted by atomic mass is 79.9. The highest BCUT2D eigenvalue weighted by Gasteiger charge is 2.19.